The first-order valence-corrected chi connectivity index (χ1v) is 10.2. The quantitative estimate of drug-likeness (QED) is 0.697. The molecule has 4 rings (SSSR count). The van der Waals surface area contributed by atoms with E-state index in [0.717, 1.165) is 44.9 Å². The van der Waals surface area contributed by atoms with Crippen molar-refractivity contribution in [1.29, 1.82) is 0 Å². The average Bonchev–Trinajstić information content (AvgIpc) is 2.91. The normalized spacial score (nSPS) is 47.5. The second-order valence-electron chi connectivity index (χ2n) is 9.55. The molecule has 0 heterocycles. The molecule has 0 bridgehead atoms. The van der Waals surface area contributed by atoms with E-state index in [-0.39, 0.29) is 34.9 Å². The summed E-state index contributed by atoms with van der Waals surface area (Å²) in [5, 5.41) is 0. The van der Waals surface area contributed by atoms with E-state index in [2.05, 4.69) is 13.8 Å². The van der Waals surface area contributed by atoms with Crippen molar-refractivity contribution in [2.75, 3.05) is 7.11 Å². The van der Waals surface area contributed by atoms with Gasteiger partial charge in [-0.3, -0.25) is 9.59 Å². The van der Waals surface area contributed by atoms with Gasteiger partial charge in [0.25, 0.3) is 0 Å². The van der Waals surface area contributed by atoms with Crippen LogP contribution in [-0.4, -0.2) is 31.1 Å². The molecule has 0 amide bonds. The molecule has 3 fully saturated rings. The van der Waals surface area contributed by atoms with Crippen molar-refractivity contribution in [1.82, 2.24) is 0 Å². The van der Waals surface area contributed by atoms with Gasteiger partial charge < -0.3 is 9.47 Å². The molecule has 4 heteroatoms. The van der Waals surface area contributed by atoms with Gasteiger partial charge in [0, 0.05) is 25.4 Å². The lowest BCUT2D eigenvalue weighted by Crippen LogP contribution is -2.54. The molecule has 4 aliphatic rings. The van der Waals surface area contributed by atoms with Gasteiger partial charge in [-0.2, -0.15) is 0 Å². The van der Waals surface area contributed by atoms with Crippen molar-refractivity contribution in [2.45, 2.75) is 77.9 Å². The van der Waals surface area contributed by atoms with Crippen molar-refractivity contribution < 1.29 is 19.1 Å². The maximum absolute atomic E-state index is 13.2. The Balaban J connectivity index is 1.66. The minimum atomic E-state index is -0.194. The SMILES string of the molecule is CO[C@H]1CC[C@@]2(C)C(=CC(=O)[C@H]3[C@@H]4CC[C@H](OC(C)=O)[C@@]4(C)CC[C@@H]32)C1. The number of esters is 1. The molecule has 0 spiro atoms. The van der Waals surface area contributed by atoms with Gasteiger partial charge in [0.2, 0.25) is 0 Å². The van der Waals surface area contributed by atoms with Gasteiger partial charge in [0.15, 0.2) is 5.78 Å². The molecule has 0 N–H and O–H groups in total. The average molecular weight is 360 g/mol. The molecule has 7 atom stereocenters. The summed E-state index contributed by atoms with van der Waals surface area (Å²) in [5.41, 5.74) is 1.41. The van der Waals surface area contributed by atoms with Crippen LogP contribution in [0, 0.1) is 28.6 Å². The van der Waals surface area contributed by atoms with Crippen molar-refractivity contribution in [3.05, 3.63) is 11.6 Å². The highest BCUT2D eigenvalue weighted by Gasteiger charge is 2.61. The van der Waals surface area contributed by atoms with E-state index in [1.165, 1.54) is 12.5 Å². The molecule has 0 aromatic rings. The lowest BCUT2D eigenvalue weighted by Gasteiger charge is -2.56. The van der Waals surface area contributed by atoms with Crippen molar-refractivity contribution in [3.8, 4) is 0 Å². The molecule has 144 valence electrons. The number of methoxy groups -OCH3 is 1. The van der Waals surface area contributed by atoms with E-state index in [9.17, 15) is 9.59 Å². The summed E-state index contributed by atoms with van der Waals surface area (Å²) in [7, 11) is 1.78. The fourth-order valence-corrected chi connectivity index (χ4v) is 6.92. The standard InChI is InChI=1S/C22H32O4/c1-13(23)26-19-6-5-16-20-17(8-10-22(16,19)3)21(2)9-7-15(25-4)11-14(21)12-18(20)24/h12,15-17,19-20H,5-11H2,1-4H3/t15-,16-,17-,19-,20-,21-,22-/m0/s1. The zero-order valence-electron chi connectivity index (χ0n) is 16.5. The van der Waals surface area contributed by atoms with Crippen LogP contribution in [0.2, 0.25) is 0 Å². The van der Waals surface area contributed by atoms with Crippen molar-refractivity contribution in [2.24, 2.45) is 28.6 Å². The first kappa shape index (κ1) is 18.2. The summed E-state index contributed by atoms with van der Waals surface area (Å²) in [6, 6.07) is 0. The Morgan fingerprint density at radius 2 is 1.88 bits per heavy atom. The molecule has 4 aliphatic carbocycles. The van der Waals surface area contributed by atoms with Gasteiger partial charge in [-0.15, -0.1) is 0 Å². The summed E-state index contributed by atoms with van der Waals surface area (Å²) in [6.07, 6.45) is 9.32. The second kappa shape index (κ2) is 6.19. The van der Waals surface area contributed by atoms with Crippen LogP contribution in [0.25, 0.3) is 0 Å². The van der Waals surface area contributed by atoms with Crippen LogP contribution in [0.5, 0.6) is 0 Å². The van der Waals surface area contributed by atoms with Crippen molar-refractivity contribution in [3.63, 3.8) is 0 Å². The highest BCUT2D eigenvalue weighted by Crippen LogP contribution is 2.64. The number of allylic oxidation sites excluding steroid dienone is 1. The molecule has 0 aliphatic heterocycles. The minimum absolute atomic E-state index is 0.0267. The van der Waals surface area contributed by atoms with Gasteiger partial charge in [-0.05, 0) is 68.3 Å². The number of hydrogen-bond donors (Lipinski definition) is 0. The van der Waals surface area contributed by atoms with Gasteiger partial charge in [-0.25, -0.2) is 0 Å². The number of rotatable bonds is 2. The Bertz CT molecular complexity index is 653. The highest BCUT2D eigenvalue weighted by molar-refractivity contribution is 5.94. The fraction of sp³-hybridized carbons (Fsp3) is 0.818. The van der Waals surface area contributed by atoms with Crippen molar-refractivity contribution >= 4 is 11.8 Å². The summed E-state index contributed by atoms with van der Waals surface area (Å²) in [6.45, 7) is 6.14. The molecule has 0 saturated heterocycles. The third-order valence-corrected chi connectivity index (χ3v) is 8.46. The van der Waals surface area contributed by atoms with Gasteiger partial charge in [0.05, 0.1) is 6.10 Å². The van der Waals surface area contributed by atoms with Crippen LogP contribution >= 0.6 is 0 Å². The Hall–Kier alpha value is -1.16. The maximum atomic E-state index is 13.2. The lowest BCUT2D eigenvalue weighted by atomic mass is 9.47. The zero-order valence-corrected chi connectivity index (χ0v) is 16.5. The van der Waals surface area contributed by atoms with Crippen LogP contribution in [0.15, 0.2) is 11.6 Å². The summed E-state index contributed by atoms with van der Waals surface area (Å²) in [4.78, 5) is 24.8. The molecule has 0 aromatic heterocycles. The maximum Gasteiger partial charge on any atom is 0.302 e. The van der Waals surface area contributed by atoms with Crippen LogP contribution in [0.1, 0.15) is 65.7 Å². The second-order valence-corrected chi connectivity index (χ2v) is 9.55. The summed E-state index contributed by atoms with van der Waals surface area (Å²) < 4.78 is 11.3. The first-order chi connectivity index (χ1) is 12.3. The zero-order chi connectivity index (χ0) is 18.7. The first-order valence-electron chi connectivity index (χ1n) is 10.2. The number of ketones is 1. The largest absolute Gasteiger partial charge is 0.462 e. The topological polar surface area (TPSA) is 52.6 Å². The molecule has 3 saturated carbocycles. The van der Waals surface area contributed by atoms with E-state index in [4.69, 9.17) is 9.47 Å². The van der Waals surface area contributed by atoms with E-state index >= 15 is 0 Å². The van der Waals surface area contributed by atoms with Crippen LogP contribution in [0.4, 0.5) is 0 Å². The molecule has 26 heavy (non-hydrogen) atoms. The molecular weight excluding hydrogens is 328 g/mol. The highest BCUT2D eigenvalue weighted by atomic mass is 16.5. The van der Waals surface area contributed by atoms with Crippen LogP contribution < -0.4 is 0 Å². The van der Waals surface area contributed by atoms with Gasteiger partial charge >= 0.3 is 5.97 Å². The molecule has 0 unspecified atom stereocenters. The number of carbonyl (C=O) groups is 2. The third-order valence-electron chi connectivity index (χ3n) is 8.46. The Morgan fingerprint density at radius 3 is 2.58 bits per heavy atom. The molecule has 0 aromatic carbocycles. The molecule has 0 radical (unpaired) electrons. The lowest BCUT2D eigenvalue weighted by molar-refractivity contribution is -0.158. The fourth-order valence-electron chi connectivity index (χ4n) is 6.92. The number of ether oxygens (including phenoxy) is 2. The Labute approximate surface area is 156 Å². The van der Waals surface area contributed by atoms with E-state index in [1.807, 2.05) is 6.08 Å². The summed E-state index contributed by atoms with van der Waals surface area (Å²) in [5.74, 6) is 0.997. The number of fused-ring (bicyclic) bond motifs is 5. The molecule has 4 nitrogen and oxygen atoms in total. The Morgan fingerprint density at radius 1 is 1.12 bits per heavy atom. The smallest absolute Gasteiger partial charge is 0.302 e. The molecular formula is C22H32O4. The minimum Gasteiger partial charge on any atom is -0.462 e. The summed E-state index contributed by atoms with van der Waals surface area (Å²) >= 11 is 0. The monoisotopic (exact) mass is 360 g/mol. The van der Waals surface area contributed by atoms with E-state index < -0.39 is 0 Å². The number of hydrogen-bond acceptors (Lipinski definition) is 4. The van der Waals surface area contributed by atoms with Gasteiger partial charge in [0.1, 0.15) is 6.10 Å². The van der Waals surface area contributed by atoms with Crippen LogP contribution in [-0.2, 0) is 19.1 Å². The third kappa shape index (κ3) is 2.51. The van der Waals surface area contributed by atoms with E-state index in [0.29, 0.717) is 17.6 Å². The van der Waals surface area contributed by atoms with Crippen LogP contribution in [0.3, 0.4) is 0 Å². The Kier molecular flexibility index (Phi) is 4.33. The van der Waals surface area contributed by atoms with Gasteiger partial charge in [-0.1, -0.05) is 19.4 Å². The predicted molar refractivity (Wildman–Crippen MR) is 98.4 cm³/mol. The predicted octanol–water partition coefficient (Wildman–Crippen LogP) is 4.07. The number of carbonyl (C=O) groups excluding carboxylic acids is 2. The van der Waals surface area contributed by atoms with E-state index in [1.54, 1.807) is 7.11 Å².